The molecule has 4 heteroatoms. The molecule has 0 fully saturated rings. The molecule has 1 aromatic carbocycles. The Bertz CT molecular complexity index is 366. The first-order chi connectivity index (χ1) is 7.63. The molecule has 2 N–H and O–H groups in total. The van der Waals surface area contributed by atoms with Gasteiger partial charge in [-0.25, -0.2) is 4.39 Å². The summed E-state index contributed by atoms with van der Waals surface area (Å²) in [6, 6.07) is 4.38. The first-order valence-corrected chi connectivity index (χ1v) is 5.49. The number of nitrogens with two attached hydrogens (primary N) is 1. The molecule has 0 amide bonds. The second kappa shape index (κ2) is 6.51. The molecule has 0 aromatic heterocycles. The fraction of sp³-hybridized carbons (Fsp3) is 0.333. The third-order valence-electron chi connectivity index (χ3n) is 1.99. The highest BCUT2D eigenvalue weighted by Gasteiger charge is 2.07. The molecule has 2 nitrogen and oxygen atoms in total. The van der Waals surface area contributed by atoms with Crippen molar-refractivity contribution in [1.29, 1.82) is 0 Å². The zero-order valence-electron chi connectivity index (χ0n) is 9.12. The van der Waals surface area contributed by atoms with E-state index in [-0.39, 0.29) is 11.9 Å². The highest BCUT2D eigenvalue weighted by molar-refractivity contribution is 6.25. The van der Waals surface area contributed by atoms with Gasteiger partial charge in [-0.05, 0) is 43.2 Å². The molecule has 0 aliphatic carbocycles. The van der Waals surface area contributed by atoms with Gasteiger partial charge in [0.1, 0.15) is 18.2 Å². The lowest BCUT2D eigenvalue weighted by Gasteiger charge is -2.12. The first kappa shape index (κ1) is 13.0. The molecule has 0 radical (unpaired) electrons. The van der Waals surface area contributed by atoms with Crippen molar-refractivity contribution in [2.75, 3.05) is 6.61 Å². The van der Waals surface area contributed by atoms with Gasteiger partial charge in [-0.15, -0.1) is 0 Å². The number of rotatable bonds is 5. The van der Waals surface area contributed by atoms with Gasteiger partial charge in [-0.2, -0.15) is 0 Å². The van der Waals surface area contributed by atoms with E-state index in [0.717, 1.165) is 5.56 Å². The molecule has 1 atom stereocenters. The maximum atomic E-state index is 13.1. The Morgan fingerprint density at radius 1 is 1.56 bits per heavy atom. The summed E-state index contributed by atoms with van der Waals surface area (Å²) in [6.45, 7) is 2.23. The highest BCUT2D eigenvalue weighted by atomic mass is 35.5. The molecule has 0 heterocycles. The van der Waals surface area contributed by atoms with Gasteiger partial charge < -0.3 is 10.5 Å². The average molecular weight is 244 g/mol. The lowest BCUT2D eigenvalue weighted by Crippen LogP contribution is -2.18. The molecular weight excluding hydrogens is 229 g/mol. The summed E-state index contributed by atoms with van der Waals surface area (Å²) in [5, 5.41) is 0. The highest BCUT2D eigenvalue weighted by Crippen LogP contribution is 2.21. The molecule has 1 aromatic rings. The predicted octanol–water partition coefficient (Wildman–Crippen LogP) is 2.85. The van der Waals surface area contributed by atoms with E-state index >= 15 is 0 Å². The molecule has 1 unspecified atom stereocenters. The zero-order valence-corrected chi connectivity index (χ0v) is 9.88. The smallest absolute Gasteiger partial charge is 0.123 e. The van der Waals surface area contributed by atoms with Crippen molar-refractivity contribution in [1.82, 2.24) is 0 Å². The Balaban J connectivity index is 2.80. The third-order valence-corrected chi connectivity index (χ3v) is 2.17. The Morgan fingerprint density at radius 3 is 2.94 bits per heavy atom. The Kier molecular flexibility index (Phi) is 5.29. The number of hydrogen-bond acceptors (Lipinski definition) is 2. The summed E-state index contributed by atoms with van der Waals surface area (Å²) in [7, 11) is 0. The number of halogens is 2. The van der Waals surface area contributed by atoms with Crippen molar-refractivity contribution in [3.05, 3.63) is 41.2 Å². The summed E-state index contributed by atoms with van der Waals surface area (Å²) in [6.07, 6.45) is 2.25. The minimum absolute atomic E-state index is 0.0345. The van der Waals surface area contributed by atoms with E-state index in [2.05, 4.69) is 0 Å². The minimum atomic E-state index is -0.282. The van der Waals surface area contributed by atoms with E-state index in [4.69, 9.17) is 22.1 Å². The molecule has 1 rings (SSSR count). The van der Waals surface area contributed by atoms with Gasteiger partial charge in [-0.1, -0.05) is 11.6 Å². The van der Waals surface area contributed by atoms with Gasteiger partial charge >= 0.3 is 0 Å². The molecule has 0 bridgehead atoms. The van der Waals surface area contributed by atoms with Crippen LogP contribution in [0.5, 0.6) is 5.75 Å². The van der Waals surface area contributed by atoms with Crippen LogP contribution < -0.4 is 10.5 Å². The van der Waals surface area contributed by atoms with Crippen molar-refractivity contribution >= 4 is 11.6 Å². The van der Waals surface area contributed by atoms with Crippen molar-refractivity contribution in [3.63, 3.8) is 0 Å². The lowest BCUT2D eigenvalue weighted by atomic mass is 10.1. The normalized spacial score (nSPS) is 13.0. The molecule has 0 aliphatic rings. The van der Waals surface area contributed by atoms with Crippen LogP contribution >= 0.6 is 11.6 Å². The van der Waals surface area contributed by atoms with Crippen molar-refractivity contribution in [2.45, 2.75) is 19.4 Å². The topological polar surface area (TPSA) is 35.2 Å². The standard InChI is InChI=1S/C12H15ClFNO/c1-9(15)7-10-8-11(14)3-4-12(10)16-6-2-5-13/h2-5,8-9H,6-7,15H2,1H3/b5-2+. The number of hydrogen-bond donors (Lipinski definition) is 1. The molecular formula is C12H15ClFNO. The van der Waals surface area contributed by atoms with E-state index in [1.54, 1.807) is 12.1 Å². The van der Waals surface area contributed by atoms with Crippen LogP contribution in [-0.4, -0.2) is 12.6 Å². The lowest BCUT2D eigenvalue weighted by molar-refractivity contribution is 0.357. The van der Waals surface area contributed by atoms with Crippen LogP contribution in [0.3, 0.4) is 0 Å². The van der Waals surface area contributed by atoms with Gasteiger partial charge in [0.05, 0.1) is 0 Å². The van der Waals surface area contributed by atoms with Gasteiger partial charge in [0.25, 0.3) is 0 Å². The van der Waals surface area contributed by atoms with Gasteiger partial charge in [0.2, 0.25) is 0 Å². The molecule has 0 aliphatic heterocycles. The Labute approximate surface area is 99.9 Å². The Hall–Kier alpha value is -1.06. The summed E-state index contributed by atoms with van der Waals surface area (Å²) in [4.78, 5) is 0. The number of ether oxygens (including phenoxy) is 1. The van der Waals surface area contributed by atoms with Crippen LogP contribution in [0.25, 0.3) is 0 Å². The maximum absolute atomic E-state index is 13.1. The fourth-order valence-electron chi connectivity index (χ4n) is 1.37. The van der Waals surface area contributed by atoms with Crippen molar-refractivity contribution in [2.24, 2.45) is 5.73 Å². The second-order valence-electron chi connectivity index (χ2n) is 3.61. The largest absolute Gasteiger partial charge is 0.489 e. The first-order valence-electron chi connectivity index (χ1n) is 5.05. The SMILES string of the molecule is CC(N)Cc1cc(F)ccc1OC/C=C/Cl. The van der Waals surface area contributed by atoms with Crippen LogP contribution in [0.1, 0.15) is 12.5 Å². The van der Waals surface area contributed by atoms with E-state index < -0.39 is 0 Å². The third kappa shape index (κ3) is 4.21. The van der Waals surface area contributed by atoms with Crippen molar-refractivity contribution < 1.29 is 9.13 Å². The summed E-state index contributed by atoms with van der Waals surface area (Å²) >= 11 is 5.38. The second-order valence-corrected chi connectivity index (χ2v) is 3.86. The summed E-state index contributed by atoms with van der Waals surface area (Å²) in [5.41, 5.74) is 7.84. The Morgan fingerprint density at radius 2 is 2.31 bits per heavy atom. The van der Waals surface area contributed by atoms with Crippen LogP contribution in [0, 0.1) is 5.82 Å². The molecule has 0 saturated carbocycles. The maximum Gasteiger partial charge on any atom is 0.123 e. The van der Waals surface area contributed by atoms with Gasteiger partial charge in [0, 0.05) is 11.6 Å². The van der Waals surface area contributed by atoms with Crippen molar-refractivity contribution in [3.8, 4) is 5.75 Å². The number of benzene rings is 1. The zero-order chi connectivity index (χ0) is 12.0. The molecule has 0 spiro atoms. The molecule has 16 heavy (non-hydrogen) atoms. The van der Waals surface area contributed by atoms with E-state index in [0.29, 0.717) is 18.8 Å². The van der Waals surface area contributed by atoms with Gasteiger partial charge in [0.15, 0.2) is 0 Å². The minimum Gasteiger partial charge on any atom is -0.489 e. The van der Waals surface area contributed by atoms with E-state index in [9.17, 15) is 4.39 Å². The van der Waals surface area contributed by atoms with Gasteiger partial charge in [-0.3, -0.25) is 0 Å². The van der Waals surface area contributed by atoms with E-state index in [1.165, 1.54) is 17.7 Å². The fourth-order valence-corrected chi connectivity index (χ4v) is 1.44. The van der Waals surface area contributed by atoms with Crippen LogP contribution in [0.4, 0.5) is 4.39 Å². The van der Waals surface area contributed by atoms with Crippen LogP contribution in [0.15, 0.2) is 29.8 Å². The quantitative estimate of drug-likeness (QED) is 0.863. The average Bonchev–Trinajstić information content (AvgIpc) is 2.20. The molecule has 88 valence electrons. The van der Waals surface area contributed by atoms with Crippen LogP contribution in [-0.2, 0) is 6.42 Å². The summed E-state index contributed by atoms with van der Waals surface area (Å²) in [5.74, 6) is 0.365. The molecule has 0 saturated heterocycles. The monoisotopic (exact) mass is 243 g/mol. The van der Waals surface area contributed by atoms with E-state index in [1.807, 2.05) is 6.92 Å². The summed E-state index contributed by atoms with van der Waals surface area (Å²) < 4.78 is 18.5. The predicted molar refractivity (Wildman–Crippen MR) is 64.2 cm³/mol. The van der Waals surface area contributed by atoms with Crippen LogP contribution in [0.2, 0.25) is 0 Å².